The van der Waals surface area contributed by atoms with E-state index in [2.05, 4.69) is 5.32 Å². The van der Waals surface area contributed by atoms with Gasteiger partial charge in [0, 0.05) is 10.7 Å². The lowest BCUT2D eigenvalue weighted by atomic mass is 10.1. The Bertz CT molecular complexity index is 697. The van der Waals surface area contributed by atoms with Gasteiger partial charge in [0.1, 0.15) is 5.75 Å². The monoisotopic (exact) mass is 331 g/mol. The Balaban J connectivity index is 2.12. The Kier molecular flexibility index (Phi) is 5.32. The third-order valence-electron chi connectivity index (χ3n) is 3.82. The van der Waals surface area contributed by atoms with Gasteiger partial charge in [0.2, 0.25) is 0 Å². The summed E-state index contributed by atoms with van der Waals surface area (Å²) in [6, 6.07) is 9.61. The molecule has 1 atom stereocenters. The van der Waals surface area contributed by atoms with E-state index in [1.807, 2.05) is 58.0 Å². The van der Waals surface area contributed by atoms with Crippen molar-refractivity contribution in [3.63, 3.8) is 0 Å². The number of carbonyl (C=O) groups is 1. The van der Waals surface area contributed by atoms with Crippen LogP contribution >= 0.6 is 11.6 Å². The maximum Gasteiger partial charge on any atom is 0.265 e. The first-order chi connectivity index (χ1) is 10.8. The van der Waals surface area contributed by atoms with Gasteiger partial charge in [-0.05, 0) is 69.0 Å². The highest BCUT2D eigenvalue weighted by molar-refractivity contribution is 6.32. The number of ether oxygens (including phenoxy) is 1. The Morgan fingerprint density at radius 1 is 1.04 bits per heavy atom. The third kappa shape index (κ3) is 4.05. The van der Waals surface area contributed by atoms with E-state index in [1.54, 1.807) is 6.92 Å². The van der Waals surface area contributed by atoms with Crippen LogP contribution < -0.4 is 10.1 Å². The first-order valence-electron chi connectivity index (χ1n) is 7.60. The van der Waals surface area contributed by atoms with Crippen LogP contribution in [-0.2, 0) is 4.79 Å². The molecule has 0 bridgehead atoms. The molecule has 3 nitrogen and oxygen atoms in total. The molecule has 2 aromatic carbocycles. The lowest BCUT2D eigenvalue weighted by Crippen LogP contribution is -2.30. The summed E-state index contributed by atoms with van der Waals surface area (Å²) in [7, 11) is 0. The maximum atomic E-state index is 12.4. The van der Waals surface area contributed by atoms with E-state index in [0.717, 1.165) is 33.0 Å². The molecular weight excluding hydrogens is 310 g/mol. The first kappa shape index (κ1) is 17.4. The lowest BCUT2D eigenvalue weighted by Gasteiger charge is -2.18. The van der Waals surface area contributed by atoms with Crippen molar-refractivity contribution in [3.05, 3.63) is 57.6 Å². The molecule has 0 aliphatic carbocycles. The van der Waals surface area contributed by atoms with Crippen molar-refractivity contribution in [3.8, 4) is 5.75 Å². The standard InChI is InChI=1S/C19H22ClNO2/c1-11-7-6-8-12(2)18(11)21-19(22)15(5)23-16-9-13(3)17(20)14(4)10-16/h6-10,15H,1-5H3,(H,21,22). The smallest absolute Gasteiger partial charge is 0.265 e. The van der Waals surface area contributed by atoms with Crippen LogP contribution in [0.4, 0.5) is 5.69 Å². The van der Waals surface area contributed by atoms with Crippen LogP contribution in [0.1, 0.15) is 29.2 Å². The summed E-state index contributed by atoms with van der Waals surface area (Å²) in [5.41, 5.74) is 4.77. The SMILES string of the molecule is Cc1cc(OC(C)C(=O)Nc2c(C)cccc2C)cc(C)c1Cl. The van der Waals surface area contributed by atoms with Crippen LogP contribution in [0.3, 0.4) is 0 Å². The van der Waals surface area contributed by atoms with Crippen LogP contribution in [-0.4, -0.2) is 12.0 Å². The zero-order chi connectivity index (χ0) is 17.1. The fourth-order valence-corrected chi connectivity index (χ4v) is 2.58. The minimum Gasteiger partial charge on any atom is -0.481 e. The zero-order valence-corrected chi connectivity index (χ0v) is 14.9. The van der Waals surface area contributed by atoms with Crippen molar-refractivity contribution >= 4 is 23.2 Å². The molecule has 4 heteroatoms. The summed E-state index contributed by atoms with van der Waals surface area (Å²) in [6.45, 7) is 9.52. The quantitative estimate of drug-likeness (QED) is 0.858. The van der Waals surface area contributed by atoms with Gasteiger partial charge in [-0.2, -0.15) is 0 Å². The van der Waals surface area contributed by atoms with Crippen molar-refractivity contribution in [2.75, 3.05) is 5.32 Å². The van der Waals surface area contributed by atoms with Crippen molar-refractivity contribution in [2.45, 2.75) is 40.7 Å². The molecule has 0 fully saturated rings. The molecule has 1 amide bonds. The molecular formula is C19H22ClNO2. The van der Waals surface area contributed by atoms with E-state index in [4.69, 9.17) is 16.3 Å². The summed E-state index contributed by atoms with van der Waals surface area (Å²) in [5.74, 6) is 0.473. The van der Waals surface area contributed by atoms with Gasteiger partial charge in [0.25, 0.3) is 5.91 Å². The number of benzene rings is 2. The highest BCUT2D eigenvalue weighted by Gasteiger charge is 2.17. The molecule has 2 rings (SSSR count). The minimum atomic E-state index is -0.603. The zero-order valence-electron chi connectivity index (χ0n) is 14.2. The van der Waals surface area contributed by atoms with E-state index < -0.39 is 6.10 Å². The van der Waals surface area contributed by atoms with Crippen LogP contribution in [0.25, 0.3) is 0 Å². The molecule has 23 heavy (non-hydrogen) atoms. The number of rotatable bonds is 4. The largest absolute Gasteiger partial charge is 0.481 e. The van der Waals surface area contributed by atoms with Gasteiger partial charge >= 0.3 is 0 Å². The van der Waals surface area contributed by atoms with Crippen LogP contribution in [0.15, 0.2) is 30.3 Å². The summed E-state index contributed by atoms with van der Waals surface area (Å²) < 4.78 is 5.77. The molecule has 1 unspecified atom stereocenters. The molecule has 0 aliphatic heterocycles. The fraction of sp³-hybridized carbons (Fsp3) is 0.316. The Hall–Kier alpha value is -2.00. The van der Waals surface area contributed by atoms with Gasteiger partial charge in [-0.1, -0.05) is 29.8 Å². The van der Waals surface area contributed by atoms with Crippen LogP contribution in [0.5, 0.6) is 5.75 Å². The molecule has 2 aromatic rings. The number of para-hydroxylation sites is 1. The normalized spacial score (nSPS) is 11.9. The molecule has 1 N–H and O–H groups in total. The summed E-state index contributed by atoms with van der Waals surface area (Å²) in [4.78, 5) is 12.4. The topological polar surface area (TPSA) is 38.3 Å². The minimum absolute atomic E-state index is 0.173. The van der Waals surface area contributed by atoms with Gasteiger partial charge in [0.15, 0.2) is 6.10 Å². The van der Waals surface area contributed by atoms with E-state index >= 15 is 0 Å². The van der Waals surface area contributed by atoms with Gasteiger partial charge in [-0.25, -0.2) is 0 Å². The van der Waals surface area contributed by atoms with E-state index in [1.165, 1.54) is 0 Å². The number of carbonyl (C=O) groups excluding carboxylic acids is 1. The van der Waals surface area contributed by atoms with Gasteiger partial charge in [-0.15, -0.1) is 0 Å². The molecule has 0 aliphatic rings. The average Bonchev–Trinajstić information content (AvgIpc) is 2.48. The summed E-state index contributed by atoms with van der Waals surface area (Å²) in [6.07, 6.45) is -0.603. The second-order valence-electron chi connectivity index (χ2n) is 5.89. The van der Waals surface area contributed by atoms with Crippen molar-refractivity contribution in [1.29, 1.82) is 0 Å². The highest BCUT2D eigenvalue weighted by atomic mass is 35.5. The lowest BCUT2D eigenvalue weighted by molar-refractivity contribution is -0.122. The average molecular weight is 332 g/mol. The fourth-order valence-electron chi connectivity index (χ4n) is 2.47. The van der Waals surface area contributed by atoms with Crippen molar-refractivity contribution in [1.82, 2.24) is 0 Å². The van der Waals surface area contributed by atoms with E-state index in [-0.39, 0.29) is 5.91 Å². The summed E-state index contributed by atoms with van der Waals surface area (Å²) in [5, 5.41) is 3.68. The molecule has 0 spiro atoms. The second kappa shape index (κ2) is 7.05. The maximum absolute atomic E-state index is 12.4. The third-order valence-corrected chi connectivity index (χ3v) is 4.42. The van der Waals surface area contributed by atoms with E-state index in [0.29, 0.717) is 5.75 Å². The van der Waals surface area contributed by atoms with Crippen LogP contribution in [0, 0.1) is 27.7 Å². The number of aryl methyl sites for hydroxylation is 4. The Morgan fingerprint density at radius 3 is 2.09 bits per heavy atom. The number of amides is 1. The molecule has 0 saturated carbocycles. The first-order valence-corrected chi connectivity index (χ1v) is 7.98. The Labute approximate surface area is 142 Å². The van der Waals surface area contributed by atoms with Crippen molar-refractivity contribution < 1.29 is 9.53 Å². The van der Waals surface area contributed by atoms with Gasteiger partial charge in [-0.3, -0.25) is 4.79 Å². The molecule has 122 valence electrons. The molecule has 0 radical (unpaired) electrons. The number of halogens is 1. The number of hydrogen-bond donors (Lipinski definition) is 1. The number of anilines is 1. The van der Waals surface area contributed by atoms with E-state index in [9.17, 15) is 4.79 Å². The molecule has 0 heterocycles. The predicted molar refractivity (Wildman–Crippen MR) is 95.6 cm³/mol. The van der Waals surface area contributed by atoms with Gasteiger partial charge < -0.3 is 10.1 Å². The van der Waals surface area contributed by atoms with Crippen molar-refractivity contribution in [2.24, 2.45) is 0 Å². The Morgan fingerprint density at radius 2 is 1.57 bits per heavy atom. The predicted octanol–water partition coefficient (Wildman–Crippen LogP) is 4.98. The number of hydrogen-bond acceptors (Lipinski definition) is 2. The molecule has 0 aromatic heterocycles. The molecule has 0 saturated heterocycles. The summed E-state index contributed by atoms with van der Waals surface area (Å²) >= 11 is 6.16. The second-order valence-corrected chi connectivity index (χ2v) is 6.27. The number of nitrogens with one attached hydrogen (secondary N) is 1. The van der Waals surface area contributed by atoms with Crippen LogP contribution in [0.2, 0.25) is 5.02 Å². The highest BCUT2D eigenvalue weighted by Crippen LogP contribution is 2.27. The van der Waals surface area contributed by atoms with Gasteiger partial charge in [0.05, 0.1) is 0 Å².